The Morgan fingerprint density at radius 2 is 1.96 bits per heavy atom. The fraction of sp³-hybridized carbons (Fsp3) is 0.765. The summed E-state index contributed by atoms with van der Waals surface area (Å²) in [6, 6.07) is -0.272. The Morgan fingerprint density at radius 3 is 2.71 bits per heavy atom. The standard InChI is InChI=1S/C17H27N5O2/c23-16(19-9-5-10-21-13-18-12-20-21)15-8-4-11-22(15)17(24)14-6-2-1-3-7-14/h12-15H,1-11H2,(H,19,23). The molecule has 1 saturated heterocycles. The number of hydrogen-bond acceptors (Lipinski definition) is 4. The second-order valence-electron chi connectivity index (χ2n) is 6.83. The second kappa shape index (κ2) is 8.26. The number of carbonyl (C=O) groups excluding carboxylic acids is 2. The van der Waals surface area contributed by atoms with Crippen molar-refractivity contribution in [2.45, 2.75) is 64.0 Å². The summed E-state index contributed by atoms with van der Waals surface area (Å²) in [5.41, 5.74) is 0. The average Bonchev–Trinajstić information content (AvgIpc) is 3.30. The minimum absolute atomic E-state index is 0.00440. The van der Waals surface area contributed by atoms with E-state index >= 15 is 0 Å². The van der Waals surface area contributed by atoms with Crippen LogP contribution in [0.2, 0.25) is 0 Å². The van der Waals surface area contributed by atoms with Crippen molar-refractivity contribution < 1.29 is 9.59 Å². The Hall–Kier alpha value is -1.92. The first kappa shape index (κ1) is 16.9. The van der Waals surface area contributed by atoms with Gasteiger partial charge < -0.3 is 10.2 Å². The first-order valence-electron chi connectivity index (χ1n) is 9.16. The summed E-state index contributed by atoms with van der Waals surface area (Å²) < 4.78 is 1.75. The Bertz CT molecular complexity index is 539. The first-order chi connectivity index (χ1) is 11.8. The van der Waals surface area contributed by atoms with Crippen molar-refractivity contribution >= 4 is 11.8 Å². The van der Waals surface area contributed by atoms with Crippen molar-refractivity contribution in [3.63, 3.8) is 0 Å². The summed E-state index contributed by atoms with van der Waals surface area (Å²) in [5, 5.41) is 7.02. The van der Waals surface area contributed by atoms with Gasteiger partial charge in [0.1, 0.15) is 18.7 Å². The highest BCUT2D eigenvalue weighted by Gasteiger charge is 2.37. The zero-order valence-electron chi connectivity index (χ0n) is 14.2. The van der Waals surface area contributed by atoms with E-state index in [0.717, 1.165) is 58.0 Å². The lowest BCUT2D eigenvalue weighted by Gasteiger charge is -2.30. The highest BCUT2D eigenvalue weighted by Crippen LogP contribution is 2.28. The normalized spacial score (nSPS) is 21.8. The zero-order valence-corrected chi connectivity index (χ0v) is 14.2. The van der Waals surface area contributed by atoms with Crippen molar-refractivity contribution in [2.24, 2.45) is 5.92 Å². The van der Waals surface area contributed by atoms with E-state index < -0.39 is 0 Å². The van der Waals surface area contributed by atoms with E-state index in [1.54, 1.807) is 11.0 Å². The largest absolute Gasteiger partial charge is 0.354 e. The molecule has 7 nitrogen and oxygen atoms in total. The molecule has 132 valence electrons. The van der Waals surface area contributed by atoms with Crippen molar-refractivity contribution in [3.05, 3.63) is 12.7 Å². The van der Waals surface area contributed by atoms with Gasteiger partial charge >= 0.3 is 0 Å². The number of amides is 2. The highest BCUT2D eigenvalue weighted by atomic mass is 16.2. The van der Waals surface area contributed by atoms with E-state index in [2.05, 4.69) is 15.4 Å². The van der Waals surface area contributed by atoms with Crippen LogP contribution in [0.1, 0.15) is 51.4 Å². The van der Waals surface area contributed by atoms with E-state index in [1.165, 1.54) is 12.7 Å². The lowest BCUT2D eigenvalue weighted by molar-refractivity contribution is -0.142. The van der Waals surface area contributed by atoms with E-state index in [9.17, 15) is 9.59 Å². The Morgan fingerprint density at radius 1 is 1.12 bits per heavy atom. The third-order valence-electron chi connectivity index (χ3n) is 5.12. The molecule has 1 N–H and O–H groups in total. The van der Waals surface area contributed by atoms with Gasteiger partial charge in [0.2, 0.25) is 11.8 Å². The number of nitrogens with one attached hydrogen (secondary N) is 1. The van der Waals surface area contributed by atoms with E-state index in [1.807, 2.05) is 4.90 Å². The van der Waals surface area contributed by atoms with E-state index in [0.29, 0.717) is 6.54 Å². The molecule has 1 saturated carbocycles. The molecule has 1 aliphatic heterocycles. The molecule has 2 fully saturated rings. The van der Waals surface area contributed by atoms with Crippen LogP contribution in [0.3, 0.4) is 0 Å². The third-order valence-corrected chi connectivity index (χ3v) is 5.12. The van der Waals surface area contributed by atoms with Gasteiger partial charge in [0, 0.05) is 25.6 Å². The predicted octanol–water partition coefficient (Wildman–Crippen LogP) is 1.36. The quantitative estimate of drug-likeness (QED) is 0.797. The first-order valence-corrected chi connectivity index (χ1v) is 9.16. The van der Waals surface area contributed by atoms with Crippen LogP contribution in [-0.2, 0) is 16.1 Å². The molecule has 2 aliphatic rings. The van der Waals surface area contributed by atoms with Gasteiger partial charge in [-0.15, -0.1) is 0 Å². The number of aromatic nitrogens is 3. The minimum atomic E-state index is -0.272. The van der Waals surface area contributed by atoms with Crippen molar-refractivity contribution in [1.29, 1.82) is 0 Å². The third kappa shape index (κ3) is 4.13. The van der Waals surface area contributed by atoms with Gasteiger partial charge in [-0.1, -0.05) is 19.3 Å². The van der Waals surface area contributed by atoms with Crippen LogP contribution < -0.4 is 5.32 Å². The number of hydrogen-bond donors (Lipinski definition) is 1. The Kier molecular flexibility index (Phi) is 5.82. The lowest BCUT2D eigenvalue weighted by atomic mass is 9.88. The molecule has 7 heteroatoms. The molecule has 0 bridgehead atoms. The predicted molar refractivity (Wildman–Crippen MR) is 89.0 cm³/mol. The molecular formula is C17H27N5O2. The summed E-state index contributed by atoms with van der Waals surface area (Å²) in [5.74, 6) is 0.338. The molecule has 2 heterocycles. The fourth-order valence-corrected chi connectivity index (χ4v) is 3.81. The Labute approximate surface area is 142 Å². The molecule has 3 rings (SSSR count). The monoisotopic (exact) mass is 333 g/mol. The summed E-state index contributed by atoms with van der Waals surface area (Å²) in [7, 11) is 0. The van der Waals surface area contributed by atoms with Crippen LogP contribution in [0.4, 0.5) is 0 Å². The van der Waals surface area contributed by atoms with Gasteiger partial charge in [-0.3, -0.25) is 14.3 Å². The van der Waals surface area contributed by atoms with Crippen LogP contribution in [0, 0.1) is 5.92 Å². The molecule has 24 heavy (non-hydrogen) atoms. The van der Waals surface area contributed by atoms with Crippen molar-refractivity contribution in [2.75, 3.05) is 13.1 Å². The maximum Gasteiger partial charge on any atom is 0.242 e. The lowest BCUT2D eigenvalue weighted by Crippen LogP contribution is -2.48. The maximum absolute atomic E-state index is 12.7. The highest BCUT2D eigenvalue weighted by molar-refractivity contribution is 5.89. The molecule has 1 unspecified atom stereocenters. The molecule has 1 aliphatic carbocycles. The maximum atomic E-state index is 12.7. The fourth-order valence-electron chi connectivity index (χ4n) is 3.81. The summed E-state index contributed by atoms with van der Waals surface area (Å²) in [4.78, 5) is 30.9. The van der Waals surface area contributed by atoms with Crippen LogP contribution >= 0.6 is 0 Å². The van der Waals surface area contributed by atoms with E-state index in [-0.39, 0.29) is 23.8 Å². The topological polar surface area (TPSA) is 80.1 Å². The smallest absolute Gasteiger partial charge is 0.242 e. The van der Waals surface area contributed by atoms with Gasteiger partial charge in [-0.25, -0.2) is 4.98 Å². The van der Waals surface area contributed by atoms with Gasteiger partial charge in [0.25, 0.3) is 0 Å². The molecule has 0 spiro atoms. The number of likely N-dealkylation sites (tertiary alicyclic amines) is 1. The number of nitrogens with zero attached hydrogens (tertiary/aromatic N) is 4. The minimum Gasteiger partial charge on any atom is -0.354 e. The molecule has 1 aromatic heterocycles. The van der Waals surface area contributed by atoms with Gasteiger partial charge in [-0.2, -0.15) is 5.10 Å². The van der Waals surface area contributed by atoms with Gasteiger partial charge in [0.05, 0.1) is 0 Å². The Balaban J connectivity index is 1.45. The van der Waals surface area contributed by atoms with Crippen LogP contribution in [0.25, 0.3) is 0 Å². The van der Waals surface area contributed by atoms with Crippen molar-refractivity contribution in [3.8, 4) is 0 Å². The second-order valence-corrected chi connectivity index (χ2v) is 6.83. The summed E-state index contributed by atoms with van der Waals surface area (Å²) in [6.45, 7) is 2.06. The summed E-state index contributed by atoms with van der Waals surface area (Å²) in [6.07, 6.45) is 11.2. The van der Waals surface area contributed by atoms with Crippen LogP contribution in [0.15, 0.2) is 12.7 Å². The van der Waals surface area contributed by atoms with Gasteiger partial charge in [0.15, 0.2) is 0 Å². The number of aryl methyl sites for hydroxylation is 1. The molecule has 2 amide bonds. The number of carbonyl (C=O) groups is 2. The molecular weight excluding hydrogens is 306 g/mol. The zero-order chi connectivity index (χ0) is 16.8. The average molecular weight is 333 g/mol. The summed E-state index contributed by atoms with van der Waals surface area (Å²) >= 11 is 0. The van der Waals surface area contributed by atoms with Crippen LogP contribution in [-0.4, -0.2) is 50.6 Å². The van der Waals surface area contributed by atoms with Gasteiger partial charge in [-0.05, 0) is 32.1 Å². The van der Waals surface area contributed by atoms with Crippen LogP contribution in [0.5, 0.6) is 0 Å². The molecule has 0 radical (unpaired) electrons. The molecule has 1 aromatic rings. The van der Waals surface area contributed by atoms with E-state index in [4.69, 9.17) is 0 Å². The van der Waals surface area contributed by atoms with Crippen molar-refractivity contribution in [1.82, 2.24) is 25.0 Å². The molecule has 0 aromatic carbocycles. The molecule has 1 atom stereocenters. The SMILES string of the molecule is O=C(NCCCn1cncn1)C1CCCN1C(=O)C1CCCCC1. The number of rotatable bonds is 6.